The Bertz CT molecular complexity index is 1050. The number of hydrogen-bond donors (Lipinski definition) is 0. The predicted molar refractivity (Wildman–Crippen MR) is 112 cm³/mol. The van der Waals surface area contributed by atoms with Crippen LogP contribution in [-0.2, 0) is 0 Å². The molecule has 7 heteroatoms. The summed E-state index contributed by atoms with van der Waals surface area (Å²) in [7, 11) is 0. The molecule has 138 valence electrons. The second-order valence-corrected chi connectivity index (χ2v) is 8.05. The highest BCUT2D eigenvalue weighted by Gasteiger charge is 2.13. The highest BCUT2D eigenvalue weighted by atomic mass is 79.9. The Hall–Kier alpha value is -2.38. The molecule has 0 saturated carbocycles. The molecule has 4 rings (SSSR count). The zero-order valence-electron chi connectivity index (χ0n) is 14.9. The van der Waals surface area contributed by atoms with E-state index in [0.29, 0.717) is 0 Å². The van der Waals surface area contributed by atoms with Crippen molar-refractivity contribution in [2.24, 2.45) is 10.1 Å². The number of fused-ring (bicyclic) bond motifs is 1. The van der Waals surface area contributed by atoms with E-state index in [0.717, 1.165) is 37.6 Å². The quantitative estimate of drug-likeness (QED) is 0.538. The van der Waals surface area contributed by atoms with Crippen LogP contribution in [0.2, 0.25) is 0 Å². The molecule has 0 atom stereocenters. The lowest BCUT2D eigenvalue weighted by Gasteiger charge is -2.05. The molecule has 5 nitrogen and oxygen atoms in total. The van der Waals surface area contributed by atoms with Crippen LogP contribution in [0.3, 0.4) is 0 Å². The van der Waals surface area contributed by atoms with Gasteiger partial charge in [-0.3, -0.25) is 4.99 Å². The number of benzene rings is 2. The fourth-order valence-electron chi connectivity index (χ4n) is 2.66. The first kappa shape index (κ1) is 18.0. The average Bonchev–Trinajstić information content (AvgIpc) is 3.26. The van der Waals surface area contributed by atoms with Gasteiger partial charge in [0.25, 0.3) is 0 Å². The van der Waals surface area contributed by atoms with Crippen LogP contribution in [0.25, 0.3) is 11.3 Å². The zero-order chi connectivity index (χ0) is 18.8. The Morgan fingerprint density at radius 1 is 1.11 bits per heavy atom. The lowest BCUT2D eigenvalue weighted by molar-refractivity contribution is 0.174. The van der Waals surface area contributed by atoms with E-state index < -0.39 is 0 Å². The van der Waals surface area contributed by atoms with Crippen molar-refractivity contribution in [2.45, 2.75) is 19.9 Å². The van der Waals surface area contributed by atoms with Gasteiger partial charge in [-0.25, -0.2) is 4.68 Å². The third-order valence-electron chi connectivity index (χ3n) is 3.91. The van der Waals surface area contributed by atoms with Crippen LogP contribution in [0.5, 0.6) is 11.5 Å². The molecule has 27 heavy (non-hydrogen) atoms. The molecule has 0 N–H and O–H groups in total. The van der Waals surface area contributed by atoms with Crippen molar-refractivity contribution < 1.29 is 9.47 Å². The van der Waals surface area contributed by atoms with E-state index in [1.807, 2.05) is 41.2 Å². The van der Waals surface area contributed by atoms with Gasteiger partial charge in [0.15, 0.2) is 11.5 Å². The van der Waals surface area contributed by atoms with Crippen molar-refractivity contribution in [3.63, 3.8) is 0 Å². The minimum atomic E-state index is 0.188. The molecule has 1 aromatic heterocycles. The lowest BCUT2D eigenvalue weighted by atomic mass is 10.2. The Kier molecular flexibility index (Phi) is 5.13. The second-order valence-electron chi connectivity index (χ2n) is 6.30. The zero-order valence-corrected chi connectivity index (χ0v) is 17.3. The van der Waals surface area contributed by atoms with E-state index in [2.05, 4.69) is 47.3 Å². The number of nitrogens with zero attached hydrogens (tertiary/aromatic N) is 3. The summed E-state index contributed by atoms with van der Waals surface area (Å²) in [6.45, 7) is 4.39. The predicted octanol–water partition coefficient (Wildman–Crippen LogP) is 4.90. The monoisotopic (exact) mass is 443 g/mol. The summed E-state index contributed by atoms with van der Waals surface area (Å²) in [6.07, 6.45) is 1.82. The van der Waals surface area contributed by atoms with E-state index in [1.165, 1.54) is 0 Å². The maximum absolute atomic E-state index is 5.45. The number of thiazole rings is 1. The molecule has 2 heterocycles. The smallest absolute Gasteiger partial charge is 0.231 e. The van der Waals surface area contributed by atoms with Gasteiger partial charge < -0.3 is 9.47 Å². The molecule has 0 fully saturated rings. The summed E-state index contributed by atoms with van der Waals surface area (Å²) in [5.41, 5.74) is 3.03. The third-order valence-corrected chi connectivity index (χ3v) is 5.27. The Balaban J connectivity index is 1.75. The molecular formula is C20H18BrN3O2S. The van der Waals surface area contributed by atoms with Gasteiger partial charge in [0.05, 0.1) is 11.9 Å². The largest absolute Gasteiger partial charge is 0.454 e. The Labute approximate surface area is 169 Å². The molecule has 0 amide bonds. The van der Waals surface area contributed by atoms with E-state index in [1.54, 1.807) is 11.3 Å². The summed E-state index contributed by atoms with van der Waals surface area (Å²) >= 11 is 5.07. The van der Waals surface area contributed by atoms with Gasteiger partial charge in [-0.1, -0.05) is 28.1 Å². The Morgan fingerprint density at radius 2 is 1.89 bits per heavy atom. The van der Waals surface area contributed by atoms with Crippen molar-refractivity contribution >= 4 is 33.5 Å². The maximum Gasteiger partial charge on any atom is 0.231 e. The fraction of sp³-hybridized carbons (Fsp3) is 0.200. The molecule has 0 spiro atoms. The maximum atomic E-state index is 5.45. The summed E-state index contributed by atoms with van der Waals surface area (Å²) in [4.78, 5) is 5.57. The van der Waals surface area contributed by atoms with Crippen LogP contribution in [0, 0.1) is 0 Å². The van der Waals surface area contributed by atoms with Crippen molar-refractivity contribution in [1.29, 1.82) is 0 Å². The standard InChI is InChI=1S/C20H18BrN3O2S/c1-13(2)23-20-24(17(11-27-20)15-4-6-16(21)7-5-15)22-10-14-3-8-18-19(9-14)26-12-25-18/h3-11,13H,12H2,1-2H3. The first-order valence-corrected chi connectivity index (χ1v) is 10.2. The summed E-state index contributed by atoms with van der Waals surface area (Å²) in [5.74, 6) is 1.51. The van der Waals surface area contributed by atoms with Gasteiger partial charge in [0.1, 0.15) is 0 Å². The van der Waals surface area contributed by atoms with Gasteiger partial charge in [-0.2, -0.15) is 5.10 Å². The van der Waals surface area contributed by atoms with Gasteiger partial charge in [-0.05, 0) is 49.7 Å². The van der Waals surface area contributed by atoms with Crippen molar-refractivity contribution in [1.82, 2.24) is 4.68 Å². The minimum Gasteiger partial charge on any atom is -0.454 e. The molecule has 0 aliphatic carbocycles. The summed E-state index contributed by atoms with van der Waals surface area (Å²) < 4.78 is 13.7. The van der Waals surface area contributed by atoms with Gasteiger partial charge in [0.2, 0.25) is 11.6 Å². The van der Waals surface area contributed by atoms with Crippen molar-refractivity contribution in [3.05, 3.63) is 62.7 Å². The number of ether oxygens (including phenoxy) is 2. The minimum absolute atomic E-state index is 0.188. The highest BCUT2D eigenvalue weighted by Crippen LogP contribution is 2.32. The topological polar surface area (TPSA) is 48.1 Å². The van der Waals surface area contributed by atoms with E-state index in [4.69, 9.17) is 19.6 Å². The SMILES string of the molecule is CC(C)N=c1scc(-c2ccc(Br)cc2)n1N=Cc1ccc2c(c1)OCO2. The van der Waals surface area contributed by atoms with Gasteiger partial charge in [-0.15, -0.1) is 11.3 Å². The van der Waals surface area contributed by atoms with Gasteiger partial charge in [0, 0.05) is 21.5 Å². The number of aromatic nitrogens is 1. The first-order chi connectivity index (χ1) is 13.1. The molecule has 0 saturated heterocycles. The third kappa shape index (κ3) is 3.99. The molecule has 1 aliphatic rings. The van der Waals surface area contributed by atoms with Crippen molar-refractivity contribution in [3.8, 4) is 22.8 Å². The van der Waals surface area contributed by atoms with Gasteiger partial charge >= 0.3 is 0 Å². The highest BCUT2D eigenvalue weighted by molar-refractivity contribution is 9.10. The lowest BCUT2D eigenvalue weighted by Crippen LogP contribution is -2.14. The molecular weight excluding hydrogens is 426 g/mol. The molecule has 0 bridgehead atoms. The van der Waals surface area contributed by atoms with Crippen LogP contribution < -0.4 is 14.3 Å². The molecule has 1 aliphatic heterocycles. The van der Waals surface area contributed by atoms with Crippen LogP contribution in [0.4, 0.5) is 0 Å². The molecule has 0 unspecified atom stereocenters. The molecule has 3 aromatic rings. The van der Waals surface area contributed by atoms with E-state index in [-0.39, 0.29) is 12.8 Å². The van der Waals surface area contributed by atoms with Crippen LogP contribution >= 0.6 is 27.3 Å². The number of halogens is 1. The Morgan fingerprint density at radius 3 is 2.67 bits per heavy atom. The normalized spacial score (nSPS) is 13.9. The number of rotatable bonds is 4. The molecule has 2 aromatic carbocycles. The number of hydrogen-bond acceptors (Lipinski definition) is 5. The first-order valence-electron chi connectivity index (χ1n) is 8.54. The van der Waals surface area contributed by atoms with Crippen LogP contribution in [0.1, 0.15) is 19.4 Å². The fourth-order valence-corrected chi connectivity index (χ4v) is 3.89. The van der Waals surface area contributed by atoms with Crippen LogP contribution in [-0.4, -0.2) is 23.7 Å². The average molecular weight is 444 g/mol. The summed E-state index contributed by atoms with van der Waals surface area (Å²) in [6, 6.07) is 14.2. The van der Waals surface area contributed by atoms with E-state index >= 15 is 0 Å². The second kappa shape index (κ2) is 7.70. The molecule has 0 radical (unpaired) electrons. The van der Waals surface area contributed by atoms with Crippen molar-refractivity contribution in [2.75, 3.05) is 6.79 Å². The summed E-state index contributed by atoms with van der Waals surface area (Å²) in [5, 5.41) is 6.80. The van der Waals surface area contributed by atoms with Crippen LogP contribution in [0.15, 0.2) is 62.4 Å². The van der Waals surface area contributed by atoms with E-state index in [9.17, 15) is 0 Å².